The molecule has 0 saturated carbocycles. The topological polar surface area (TPSA) is 110 Å². The molecular weight excluding hydrogens is 542 g/mol. The molecule has 0 spiro atoms. The molecule has 4 aromatic rings. The Morgan fingerprint density at radius 3 is 1.09 bits per heavy atom. The van der Waals surface area contributed by atoms with E-state index in [-0.39, 0.29) is 42.6 Å². The minimum atomic E-state index is -0.434. The van der Waals surface area contributed by atoms with E-state index in [1.807, 2.05) is 81.1 Å². The molecule has 0 saturated heterocycles. The number of aryl methyl sites for hydroxylation is 4. The van der Waals surface area contributed by atoms with Crippen LogP contribution in [-0.4, -0.2) is 44.9 Å². The molecule has 0 fully saturated rings. The monoisotopic (exact) mass is 581 g/mol. The average Bonchev–Trinajstić information content (AvgIpc) is 2.93. The molecule has 0 radical (unpaired) electrons. The first-order valence-corrected chi connectivity index (χ1v) is 14.5. The molecular formula is C36H39NO6. The number of rotatable bonds is 2. The second-order valence-corrected chi connectivity index (χ2v) is 12.0. The summed E-state index contributed by atoms with van der Waals surface area (Å²) in [6.07, 6.45) is 0.913. The Bertz CT molecular complexity index is 1610. The summed E-state index contributed by atoms with van der Waals surface area (Å²) < 4.78 is 4.97. The van der Waals surface area contributed by atoms with Gasteiger partial charge in [0.2, 0.25) is 0 Å². The van der Waals surface area contributed by atoms with Gasteiger partial charge in [0.05, 0.1) is 13.7 Å². The van der Waals surface area contributed by atoms with Crippen LogP contribution in [0.5, 0.6) is 23.0 Å². The third kappa shape index (κ3) is 6.47. The van der Waals surface area contributed by atoms with Crippen LogP contribution < -0.4 is 0 Å². The second kappa shape index (κ2) is 12.0. The van der Waals surface area contributed by atoms with Gasteiger partial charge in [0.1, 0.15) is 23.0 Å². The first-order valence-electron chi connectivity index (χ1n) is 14.5. The summed E-state index contributed by atoms with van der Waals surface area (Å²) in [5.74, 6) is 0.0180. The Balaban J connectivity index is 1.74. The molecule has 1 heterocycles. The number of hydrogen-bond acceptors (Lipinski definition) is 7. The molecule has 4 aromatic carbocycles. The smallest absolute Gasteiger partial charge is 0.319 e. The fourth-order valence-electron chi connectivity index (χ4n) is 6.30. The Hall–Kier alpha value is -4.49. The quantitative estimate of drug-likeness (QED) is 0.215. The molecule has 0 aromatic heterocycles. The number of hydrogen-bond donors (Lipinski definition) is 4. The molecule has 0 amide bonds. The lowest BCUT2D eigenvalue weighted by Crippen LogP contribution is -2.30. The molecule has 0 aliphatic carbocycles. The normalized spacial score (nSPS) is 13.7. The van der Waals surface area contributed by atoms with E-state index in [0.717, 1.165) is 22.3 Å². The highest BCUT2D eigenvalue weighted by atomic mass is 16.5. The number of methoxy groups -OCH3 is 1. The van der Waals surface area contributed by atoms with E-state index in [1.165, 1.54) is 7.11 Å². The van der Waals surface area contributed by atoms with E-state index in [1.54, 1.807) is 0 Å². The number of fused-ring (bicyclic) bond motifs is 8. The SMILES string of the molecule is COC(=O)CN1Cc2cc(C)cc(c2O)Cc2cc(C)cc(c2O)Cc2cc(C)cc(c2O)Cc2cc(C)cc(c2O)C1. The summed E-state index contributed by atoms with van der Waals surface area (Å²) in [7, 11) is 1.33. The molecule has 7 nitrogen and oxygen atoms in total. The van der Waals surface area contributed by atoms with Crippen LogP contribution >= 0.6 is 0 Å². The number of benzene rings is 4. The maximum Gasteiger partial charge on any atom is 0.319 e. The van der Waals surface area contributed by atoms with Crippen LogP contribution in [0, 0.1) is 27.7 Å². The Morgan fingerprint density at radius 1 is 0.558 bits per heavy atom. The molecule has 1 aliphatic rings. The summed E-state index contributed by atoms with van der Waals surface area (Å²) >= 11 is 0. The van der Waals surface area contributed by atoms with Crippen molar-refractivity contribution in [2.75, 3.05) is 13.7 Å². The zero-order valence-corrected chi connectivity index (χ0v) is 25.4. The number of phenols is 4. The van der Waals surface area contributed by atoms with Crippen LogP contribution in [0.1, 0.15) is 66.8 Å². The highest BCUT2D eigenvalue weighted by molar-refractivity contribution is 5.71. The highest BCUT2D eigenvalue weighted by Gasteiger charge is 2.22. The lowest BCUT2D eigenvalue weighted by molar-refractivity contribution is -0.142. The van der Waals surface area contributed by atoms with E-state index < -0.39 is 5.97 Å². The van der Waals surface area contributed by atoms with Gasteiger partial charge in [0.15, 0.2) is 0 Å². The van der Waals surface area contributed by atoms with Crippen LogP contribution in [0.4, 0.5) is 0 Å². The third-order valence-electron chi connectivity index (χ3n) is 8.16. The minimum absolute atomic E-state index is 0.0496. The number of aromatic hydroxyl groups is 4. The van der Waals surface area contributed by atoms with Crippen molar-refractivity contribution in [1.29, 1.82) is 0 Å². The number of carbonyl (C=O) groups excluding carboxylic acids is 1. The van der Waals surface area contributed by atoms with Crippen molar-refractivity contribution in [3.8, 4) is 23.0 Å². The highest BCUT2D eigenvalue weighted by Crippen LogP contribution is 2.37. The van der Waals surface area contributed by atoms with E-state index >= 15 is 0 Å². The first kappa shape index (κ1) is 30.0. The van der Waals surface area contributed by atoms with Gasteiger partial charge in [-0.15, -0.1) is 0 Å². The summed E-state index contributed by atoms with van der Waals surface area (Å²) in [6, 6.07) is 15.3. The summed E-state index contributed by atoms with van der Waals surface area (Å²) in [5.41, 5.74) is 9.07. The van der Waals surface area contributed by atoms with Gasteiger partial charge in [-0.3, -0.25) is 9.69 Å². The van der Waals surface area contributed by atoms with Crippen molar-refractivity contribution in [2.45, 2.75) is 60.0 Å². The third-order valence-corrected chi connectivity index (χ3v) is 8.16. The van der Waals surface area contributed by atoms with Crippen LogP contribution in [0.25, 0.3) is 0 Å². The summed E-state index contributed by atoms with van der Waals surface area (Å²) in [6.45, 7) is 8.22. The van der Waals surface area contributed by atoms with E-state index in [0.29, 0.717) is 63.8 Å². The molecule has 7 heteroatoms. The van der Waals surface area contributed by atoms with Gasteiger partial charge in [-0.25, -0.2) is 0 Å². The standard InChI is InChI=1S/C36H39NO6/c1-20-6-24-14-25-7-21(2)9-27(34(25)40)16-29-11-23(4)13-31(36(29)42)18-37(19-32(38)43-5)17-30-12-22(3)10-28(35(30)41)15-26(8-20)33(24)39/h6-13,39-42H,14-19H2,1-5H3. The van der Waals surface area contributed by atoms with Gasteiger partial charge in [0, 0.05) is 43.5 Å². The van der Waals surface area contributed by atoms with Crippen LogP contribution in [0.3, 0.4) is 0 Å². The Labute approximate surface area is 252 Å². The van der Waals surface area contributed by atoms with Crippen molar-refractivity contribution in [3.05, 3.63) is 115 Å². The van der Waals surface area contributed by atoms with Crippen LogP contribution in [0.2, 0.25) is 0 Å². The van der Waals surface area contributed by atoms with Crippen molar-refractivity contribution >= 4 is 5.97 Å². The van der Waals surface area contributed by atoms with E-state index in [2.05, 4.69) is 0 Å². The largest absolute Gasteiger partial charge is 0.507 e. The Kier molecular flexibility index (Phi) is 8.38. The zero-order chi connectivity index (χ0) is 31.0. The van der Waals surface area contributed by atoms with Crippen LogP contribution in [0.15, 0.2) is 48.5 Å². The average molecular weight is 582 g/mol. The fourth-order valence-corrected chi connectivity index (χ4v) is 6.30. The maximum atomic E-state index is 12.5. The fraction of sp³-hybridized carbons (Fsp3) is 0.306. The van der Waals surface area contributed by atoms with Gasteiger partial charge >= 0.3 is 5.97 Å². The van der Waals surface area contributed by atoms with Crippen molar-refractivity contribution in [1.82, 2.24) is 4.90 Å². The first-order chi connectivity index (χ1) is 20.4. The van der Waals surface area contributed by atoms with Crippen LogP contribution in [-0.2, 0) is 41.9 Å². The summed E-state index contributed by atoms with van der Waals surface area (Å²) in [5, 5.41) is 45.8. The molecule has 8 bridgehead atoms. The van der Waals surface area contributed by atoms with Crippen molar-refractivity contribution in [2.24, 2.45) is 0 Å². The molecule has 224 valence electrons. The predicted octanol–water partition coefficient (Wildman–Crippen LogP) is 6.00. The predicted molar refractivity (Wildman–Crippen MR) is 166 cm³/mol. The van der Waals surface area contributed by atoms with Crippen molar-refractivity contribution < 1.29 is 30.0 Å². The van der Waals surface area contributed by atoms with Crippen molar-refractivity contribution in [3.63, 3.8) is 0 Å². The van der Waals surface area contributed by atoms with E-state index in [4.69, 9.17) is 4.74 Å². The number of nitrogens with zero attached hydrogens (tertiary/aromatic N) is 1. The number of carbonyl (C=O) groups is 1. The molecule has 0 atom stereocenters. The zero-order valence-electron chi connectivity index (χ0n) is 25.4. The van der Waals surface area contributed by atoms with Gasteiger partial charge in [0.25, 0.3) is 0 Å². The molecule has 5 rings (SSSR count). The number of esters is 1. The number of ether oxygens (including phenoxy) is 1. The number of phenolic OH excluding ortho intramolecular Hbond substituents is 4. The Morgan fingerprint density at radius 2 is 0.814 bits per heavy atom. The van der Waals surface area contributed by atoms with E-state index in [9.17, 15) is 25.2 Å². The lowest BCUT2D eigenvalue weighted by atomic mass is 9.91. The van der Waals surface area contributed by atoms with Gasteiger partial charge in [-0.1, -0.05) is 70.8 Å². The van der Waals surface area contributed by atoms with Gasteiger partial charge in [-0.2, -0.15) is 0 Å². The molecule has 4 N–H and O–H groups in total. The molecule has 1 aliphatic heterocycles. The lowest BCUT2D eigenvalue weighted by Gasteiger charge is -2.24. The molecule has 0 unspecified atom stereocenters. The maximum absolute atomic E-state index is 12.5. The minimum Gasteiger partial charge on any atom is -0.507 e. The van der Waals surface area contributed by atoms with Gasteiger partial charge in [-0.05, 0) is 61.1 Å². The second-order valence-electron chi connectivity index (χ2n) is 12.0. The molecule has 43 heavy (non-hydrogen) atoms. The van der Waals surface area contributed by atoms with Gasteiger partial charge < -0.3 is 25.2 Å². The summed E-state index contributed by atoms with van der Waals surface area (Å²) in [4.78, 5) is 14.3.